The molecule has 0 unspecified atom stereocenters. The summed E-state index contributed by atoms with van der Waals surface area (Å²) in [7, 11) is -0.110. The van der Waals surface area contributed by atoms with Crippen molar-refractivity contribution in [2.45, 2.75) is 93.0 Å². The maximum absolute atomic E-state index is 14.3. The van der Waals surface area contributed by atoms with Crippen LogP contribution >= 0.6 is 0 Å². The van der Waals surface area contributed by atoms with E-state index < -0.39 is 10.8 Å². The molecule has 0 spiro atoms. The fourth-order valence-corrected chi connectivity index (χ4v) is 6.71. The number of ether oxygens (including phenoxy) is 1. The standard InChI is InChI=1S/C28H35NO4S/c1-20-13-15-25(16-14-20)34(32)26-18-24(33-2)17-21(19-30)27(26)28(31)29(22-9-5-3-6-10-22)23-11-7-4-8-12-23/h13-19,22-23H,3-12H2,1-2H3/t34-/m0/s1. The average molecular weight is 482 g/mol. The highest BCUT2D eigenvalue weighted by Gasteiger charge is 2.36. The quantitative estimate of drug-likeness (QED) is 0.449. The van der Waals surface area contributed by atoms with Gasteiger partial charge in [-0.05, 0) is 56.9 Å². The molecule has 4 rings (SSSR count). The van der Waals surface area contributed by atoms with Gasteiger partial charge in [0.25, 0.3) is 5.91 Å². The number of aldehydes is 1. The Labute approximate surface area is 205 Å². The van der Waals surface area contributed by atoms with Crippen LogP contribution in [0.3, 0.4) is 0 Å². The Bertz CT molecular complexity index is 1020. The van der Waals surface area contributed by atoms with Crippen LogP contribution in [-0.2, 0) is 10.8 Å². The van der Waals surface area contributed by atoms with Crippen LogP contribution in [0.1, 0.15) is 90.5 Å². The molecule has 2 fully saturated rings. The molecule has 1 atom stereocenters. The number of hydrogen-bond acceptors (Lipinski definition) is 4. The zero-order valence-electron chi connectivity index (χ0n) is 20.3. The molecule has 0 bridgehead atoms. The van der Waals surface area contributed by atoms with Crippen molar-refractivity contribution in [2.75, 3.05) is 7.11 Å². The smallest absolute Gasteiger partial charge is 0.256 e. The molecule has 0 saturated heterocycles. The van der Waals surface area contributed by atoms with Gasteiger partial charge in [-0.2, -0.15) is 0 Å². The van der Waals surface area contributed by atoms with Crippen LogP contribution in [0.25, 0.3) is 0 Å². The first-order valence-corrected chi connectivity index (χ1v) is 13.7. The second-order valence-electron chi connectivity index (χ2n) is 9.59. The highest BCUT2D eigenvalue weighted by molar-refractivity contribution is 7.85. The fraction of sp³-hybridized carbons (Fsp3) is 0.500. The topological polar surface area (TPSA) is 63.7 Å². The van der Waals surface area contributed by atoms with E-state index in [2.05, 4.69) is 4.90 Å². The molecule has 182 valence electrons. The lowest BCUT2D eigenvalue weighted by atomic mass is 9.87. The molecule has 1 amide bonds. The van der Waals surface area contributed by atoms with Crippen molar-refractivity contribution in [3.63, 3.8) is 0 Å². The fourth-order valence-electron chi connectivity index (χ4n) is 5.46. The van der Waals surface area contributed by atoms with Crippen LogP contribution in [0.5, 0.6) is 5.75 Å². The molecule has 0 aromatic heterocycles. The van der Waals surface area contributed by atoms with E-state index in [1.807, 2.05) is 31.2 Å². The van der Waals surface area contributed by atoms with Crippen LogP contribution in [-0.4, -0.2) is 40.5 Å². The number of carbonyl (C=O) groups is 2. The Morgan fingerprint density at radius 3 is 2.00 bits per heavy atom. The molecule has 2 aromatic carbocycles. The molecule has 0 heterocycles. The van der Waals surface area contributed by atoms with E-state index in [0.29, 0.717) is 21.8 Å². The Balaban J connectivity index is 1.82. The molecular formula is C28H35NO4S. The van der Waals surface area contributed by atoms with Gasteiger partial charge in [0.05, 0.1) is 28.4 Å². The number of aryl methyl sites for hydroxylation is 1. The Hall–Kier alpha value is -2.47. The molecule has 2 aliphatic rings. The number of rotatable bonds is 7. The van der Waals surface area contributed by atoms with Crippen LogP contribution < -0.4 is 4.74 Å². The van der Waals surface area contributed by atoms with E-state index in [1.54, 1.807) is 12.1 Å². The summed E-state index contributed by atoms with van der Waals surface area (Å²) in [6.45, 7) is 1.98. The Kier molecular flexibility index (Phi) is 8.19. The summed E-state index contributed by atoms with van der Waals surface area (Å²) in [4.78, 5) is 29.6. The van der Waals surface area contributed by atoms with Gasteiger partial charge in [0.1, 0.15) is 5.75 Å². The van der Waals surface area contributed by atoms with Crippen molar-refractivity contribution in [2.24, 2.45) is 0 Å². The summed E-state index contributed by atoms with van der Waals surface area (Å²) in [5.74, 6) is 0.273. The second-order valence-corrected chi connectivity index (χ2v) is 11.0. The van der Waals surface area contributed by atoms with Gasteiger partial charge in [0, 0.05) is 22.5 Å². The van der Waals surface area contributed by atoms with Gasteiger partial charge in [-0.1, -0.05) is 56.2 Å². The molecule has 6 heteroatoms. The van der Waals surface area contributed by atoms with Crippen molar-refractivity contribution >= 4 is 23.0 Å². The molecule has 2 aromatic rings. The maximum atomic E-state index is 14.3. The SMILES string of the molecule is COc1cc(C=O)c(C(=O)N(C2CCCCC2)C2CCCCC2)c([S@@](=O)c2ccc(C)cc2)c1. The summed E-state index contributed by atoms with van der Waals surface area (Å²) < 4.78 is 19.2. The third kappa shape index (κ3) is 5.27. The molecule has 0 N–H and O–H groups in total. The summed E-state index contributed by atoms with van der Waals surface area (Å²) in [6.07, 6.45) is 11.5. The van der Waals surface area contributed by atoms with Crippen LogP contribution in [0, 0.1) is 6.92 Å². The van der Waals surface area contributed by atoms with Crippen molar-refractivity contribution in [1.29, 1.82) is 0 Å². The van der Waals surface area contributed by atoms with E-state index >= 15 is 0 Å². The molecule has 0 radical (unpaired) electrons. The minimum Gasteiger partial charge on any atom is -0.497 e. The molecule has 34 heavy (non-hydrogen) atoms. The Morgan fingerprint density at radius 2 is 1.50 bits per heavy atom. The number of benzene rings is 2. The van der Waals surface area contributed by atoms with Gasteiger partial charge in [0.2, 0.25) is 0 Å². The molecular weight excluding hydrogens is 446 g/mol. The molecule has 2 saturated carbocycles. The first-order chi connectivity index (χ1) is 16.5. The monoisotopic (exact) mass is 481 g/mol. The first kappa shape index (κ1) is 24.6. The largest absolute Gasteiger partial charge is 0.497 e. The van der Waals surface area contributed by atoms with Gasteiger partial charge in [0.15, 0.2) is 6.29 Å². The lowest BCUT2D eigenvalue weighted by Gasteiger charge is -2.42. The van der Waals surface area contributed by atoms with E-state index in [-0.39, 0.29) is 29.1 Å². The molecule has 2 aliphatic carbocycles. The predicted molar refractivity (Wildman–Crippen MR) is 134 cm³/mol. The van der Waals surface area contributed by atoms with E-state index in [1.165, 1.54) is 20.0 Å². The van der Waals surface area contributed by atoms with Crippen LogP contribution in [0.2, 0.25) is 0 Å². The van der Waals surface area contributed by atoms with Crippen molar-refractivity contribution in [1.82, 2.24) is 4.90 Å². The normalized spacial score (nSPS) is 18.3. The van der Waals surface area contributed by atoms with E-state index in [9.17, 15) is 13.8 Å². The van der Waals surface area contributed by atoms with E-state index in [0.717, 1.165) is 56.9 Å². The molecule has 0 aliphatic heterocycles. The average Bonchev–Trinajstić information content (AvgIpc) is 2.89. The number of hydrogen-bond donors (Lipinski definition) is 0. The second kappa shape index (κ2) is 11.3. The van der Waals surface area contributed by atoms with E-state index in [4.69, 9.17) is 4.74 Å². The van der Waals surface area contributed by atoms with Gasteiger partial charge in [-0.3, -0.25) is 9.59 Å². The number of methoxy groups -OCH3 is 1. The van der Waals surface area contributed by atoms with Crippen LogP contribution in [0.15, 0.2) is 46.2 Å². The zero-order valence-corrected chi connectivity index (χ0v) is 21.1. The summed E-state index contributed by atoms with van der Waals surface area (Å²) in [6, 6.07) is 11.1. The summed E-state index contributed by atoms with van der Waals surface area (Å²) in [5, 5.41) is 0. The summed E-state index contributed by atoms with van der Waals surface area (Å²) in [5.41, 5.74) is 1.58. The lowest BCUT2D eigenvalue weighted by molar-refractivity contribution is 0.0443. The highest BCUT2D eigenvalue weighted by atomic mass is 32.2. The van der Waals surface area contributed by atoms with Crippen molar-refractivity contribution in [3.05, 3.63) is 53.1 Å². The third-order valence-electron chi connectivity index (χ3n) is 7.29. The number of amides is 1. The number of carbonyl (C=O) groups excluding carboxylic acids is 2. The Morgan fingerprint density at radius 1 is 0.941 bits per heavy atom. The van der Waals surface area contributed by atoms with Gasteiger partial charge < -0.3 is 9.64 Å². The van der Waals surface area contributed by atoms with Gasteiger partial charge >= 0.3 is 0 Å². The third-order valence-corrected chi connectivity index (χ3v) is 8.71. The van der Waals surface area contributed by atoms with Gasteiger partial charge in [-0.15, -0.1) is 0 Å². The first-order valence-electron chi connectivity index (χ1n) is 12.5. The maximum Gasteiger partial charge on any atom is 0.256 e. The zero-order chi connectivity index (χ0) is 24.1. The van der Waals surface area contributed by atoms with Crippen LogP contribution in [0.4, 0.5) is 0 Å². The minimum atomic E-state index is -1.62. The number of nitrogens with zero attached hydrogens (tertiary/aromatic N) is 1. The summed E-state index contributed by atoms with van der Waals surface area (Å²) >= 11 is 0. The lowest BCUT2D eigenvalue weighted by Crippen LogP contribution is -2.49. The van der Waals surface area contributed by atoms with Crippen molar-refractivity contribution in [3.8, 4) is 5.75 Å². The van der Waals surface area contributed by atoms with Crippen molar-refractivity contribution < 1.29 is 18.5 Å². The molecule has 5 nitrogen and oxygen atoms in total. The minimum absolute atomic E-state index is 0.154. The van der Waals surface area contributed by atoms with Gasteiger partial charge in [-0.25, -0.2) is 4.21 Å². The highest BCUT2D eigenvalue weighted by Crippen LogP contribution is 2.35. The predicted octanol–water partition coefficient (Wildman–Crippen LogP) is 6.09.